The molecule has 6 nitrogen and oxygen atoms in total. The van der Waals surface area contributed by atoms with E-state index >= 15 is 0 Å². The molecular weight excluding hydrogens is 260 g/mol. The Labute approximate surface area is 115 Å². The minimum atomic E-state index is -0.582. The van der Waals surface area contributed by atoms with Crippen molar-refractivity contribution in [3.63, 3.8) is 0 Å². The van der Waals surface area contributed by atoms with Crippen LogP contribution in [-0.4, -0.2) is 21.5 Å². The minimum absolute atomic E-state index is 0.0324. The van der Waals surface area contributed by atoms with E-state index in [1.54, 1.807) is 32.9 Å². The van der Waals surface area contributed by atoms with E-state index in [-0.39, 0.29) is 5.69 Å². The summed E-state index contributed by atoms with van der Waals surface area (Å²) in [6.07, 6.45) is 1.36. The van der Waals surface area contributed by atoms with Crippen molar-refractivity contribution in [2.75, 3.05) is 0 Å². The normalized spacial score (nSPS) is 11.3. The average molecular weight is 274 g/mol. The van der Waals surface area contributed by atoms with Crippen LogP contribution in [0.25, 0.3) is 10.9 Å². The molecule has 104 valence electrons. The van der Waals surface area contributed by atoms with Crippen molar-refractivity contribution < 1.29 is 14.5 Å². The lowest BCUT2D eigenvalue weighted by Gasteiger charge is -2.19. The third kappa shape index (κ3) is 3.09. The minimum Gasteiger partial charge on any atom is -0.456 e. The number of ether oxygens (including phenoxy) is 1. The molecule has 0 atom stereocenters. The van der Waals surface area contributed by atoms with Gasteiger partial charge in [-0.25, -0.2) is 4.79 Å². The maximum Gasteiger partial charge on any atom is 0.340 e. The van der Waals surface area contributed by atoms with Crippen LogP contribution in [0.15, 0.2) is 30.5 Å². The van der Waals surface area contributed by atoms with Gasteiger partial charge in [-0.3, -0.25) is 15.1 Å². The molecule has 20 heavy (non-hydrogen) atoms. The molecular formula is C14H14N2O4. The predicted molar refractivity (Wildman–Crippen MR) is 73.6 cm³/mol. The third-order valence-electron chi connectivity index (χ3n) is 2.51. The number of nitrogens with zero attached hydrogens (tertiary/aromatic N) is 2. The van der Waals surface area contributed by atoms with E-state index in [1.807, 2.05) is 0 Å². The average Bonchev–Trinajstić information content (AvgIpc) is 2.35. The van der Waals surface area contributed by atoms with Crippen LogP contribution in [0.3, 0.4) is 0 Å². The van der Waals surface area contributed by atoms with Crippen molar-refractivity contribution in [1.82, 2.24) is 4.98 Å². The maximum absolute atomic E-state index is 11.9. The number of fused-ring (bicyclic) bond motifs is 1. The van der Waals surface area contributed by atoms with Crippen molar-refractivity contribution >= 4 is 22.6 Å². The highest BCUT2D eigenvalue weighted by atomic mass is 16.6. The van der Waals surface area contributed by atoms with Crippen molar-refractivity contribution in [2.24, 2.45) is 0 Å². The first kappa shape index (κ1) is 13.9. The fourth-order valence-electron chi connectivity index (χ4n) is 1.67. The van der Waals surface area contributed by atoms with Gasteiger partial charge in [0, 0.05) is 23.7 Å². The summed E-state index contributed by atoms with van der Waals surface area (Å²) in [6.45, 7) is 5.34. The number of hydrogen-bond acceptors (Lipinski definition) is 5. The summed E-state index contributed by atoms with van der Waals surface area (Å²) in [4.78, 5) is 26.2. The Morgan fingerprint density at radius 2 is 2.00 bits per heavy atom. The second-order valence-electron chi connectivity index (χ2n) is 5.36. The molecule has 0 aliphatic rings. The zero-order valence-corrected chi connectivity index (χ0v) is 11.4. The number of carbonyl (C=O) groups is 1. The first-order valence-corrected chi connectivity index (χ1v) is 6.04. The molecule has 0 amide bonds. The first-order chi connectivity index (χ1) is 9.26. The molecule has 2 aromatic rings. The van der Waals surface area contributed by atoms with Gasteiger partial charge in [-0.05, 0) is 32.9 Å². The fraction of sp³-hybridized carbons (Fsp3) is 0.286. The Morgan fingerprint density at radius 3 is 2.60 bits per heavy atom. The highest BCUT2D eigenvalue weighted by Crippen LogP contribution is 2.21. The molecule has 0 fully saturated rings. The number of nitro groups is 1. The lowest BCUT2D eigenvalue weighted by atomic mass is 10.1. The molecule has 0 bridgehead atoms. The standard InChI is InChI=1S/C14H14N2O4/c1-14(2,3)20-13(17)10-6-9-4-5-11(16(18)19)7-12(9)15-8-10/h4-8H,1-3H3. The molecule has 0 aliphatic carbocycles. The number of pyridine rings is 1. The van der Waals surface area contributed by atoms with Crippen molar-refractivity contribution in [3.8, 4) is 0 Å². The van der Waals surface area contributed by atoms with Gasteiger partial charge in [-0.2, -0.15) is 0 Å². The summed E-state index contributed by atoms with van der Waals surface area (Å²) in [6, 6.07) is 5.92. The molecule has 1 heterocycles. The number of aromatic nitrogens is 1. The third-order valence-corrected chi connectivity index (χ3v) is 2.51. The second-order valence-corrected chi connectivity index (χ2v) is 5.36. The Hall–Kier alpha value is -2.50. The van der Waals surface area contributed by atoms with Crippen LogP contribution in [0.4, 0.5) is 5.69 Å². The first-order valence-electron chi connectivity index (χ1n) is 6.04. The second kappa shape index (κ2) is 4.88. The number of hydrogen-bond donors (Lipinski definition) is 0. The van der Waals surface area contributed by atoms with Crippen LogP contribution < -0.4 is 0 Å². The Bertz CT molecular complexity index is 689. The number of rotatable bonds is 2. The molecule has 0 N–H and O–H groups in total. The molecule has 1 aromatic carbocycles. The summed E-state index contributed by atoms with van der Waals surface area (Å²) < 4.78 is 5.25. The van der Waals surface area contributed by atoms with E-state index in [9.17, 15) is 14.9 Å². The quantitative estimate of drug-likeness (QED) is 0.477. The Morgan fingerprint density at radius 1 is 1.30 bits per heavy atom. The topological polar surface area (TPSA) is 82.3 Å². The van der Waals surface area contributed by atoms with Crippen molar-refractivity contribution in [2.45, 2.75) is 26.4 Å². The summed E-state index contributed by atoms with van der Waals surface area (Å²) >= 11 is 0. The number of carbonyl (C=O) groups excluding carboxylic acids is 1. The highest BCUT2D eigenvalue weighted by molar-refractivity contribution is 5.94. The summed E-state index contributed by atoms with van der Waals surface area (Å²) in [5.74, 6) is -0.467. The van der Waals surface area contributed by atoms with E-state index in [2.05, 4.69) is 4.98 Å². The maximum atomic E-state index is 11.9. The fourth-order valence-corrected chi connectivity index (χ4v) is 1.67. The molecule has 0 aliphatic heterocycles. The lowest BCUT2D eigenvalue weighted by Crippen LogP contribution is -2.23. The Kier molecular flexibility index (Phi) is 3.40. The number of benzene rings is 1. The van der Waals surface area contributed by atoms with E-state index in [4.69, 9.17) is 4.74 Å². The van der Waals surface area contributed by atoms with E-state index in [0.717, 1.165) is 0 Å². The van der Waals surface area contributed by atoms with Crippen molar-refractivity contribution in [3.05, 3.63) is 46.1 Å². The van der Waals surface area contributed by atoms with Crippen LogP contribution in [-0.2, 0) is 4.74 Å². The van der Waals surface area contributed by atoms with Gasteiger partial charge in [0.1, 0.15) is 5.60 Å². The SMILES string of the molecule is CC(C)(C)OC(=O)c1cnc2cc([N+](=O)[O-])ccc2c1. The van der Waals surface area contributed by atoms with Gasteiger partial charge in [-0.15, -0.1) is 0 Å². The molecule has 0 spiro atoms. The zero-order chi connectivity index (χ0) is 14.9. The van der Waals surface area contributed by atoms with Gasteiger partial charge in [0.25, 0.3) is 5.69 Å². The summed E-state index contributed by atoms with van der Waals surface area (Å²) in [5.41, 5.74) is 0.171. The number of esters is 1. The van der Waals surface area contributed by atoms with Crippen molar-refractivity contribution in [1.29, 1.82) is 0 Å². The predicted octanol–water partition coefficient (Wildman–Crippen LogP) is 3.10. The summed E-state index contributed by atoms with van der Waals surface area (Å²) in [7, 11) is 0. The largest absolute Gasteiger partial charge is 0.456 e. The molecule has 0 unspecified atom stereocenters. The van der Waals surface area contributed by atoms with Crippen LogP contribution in [0.5, 0.6) is 0 Å². The molecule has 1 aromatic heterocycles. The van der Waals surface area contributed by atoms with Crippen LogP contribution in [0.2, 0.25) is 0 Å². The molecule has 0 radical (unpaired) electrons. The van der Waals surface area contributed by atoms with Gasteiger partial charge in [-0.1, -0.05) is 0 Å². The van der Waals surface area contributed by atoms with Crippen LogP contribution in [0.1, 0.15) is 31.1 Å². The monoisotopic (exact) mass is 274 g/mol. The van der Waals surface area contributed by atoms with Gasteiger partial charge in [0.05, 0.1) is 16.0 Å². The molecule has 2 rings (SSSR count). The van der Waals surface area contributed by atoms with Gasteiger partial charge < -0.3 is 4.74 Å². The number of non-ortho nitro benzene ring substituents is 1. The van der Waals surface area contributed by atoms with Gasteiger partial charge in [0.15, 0.2) is 0 Å². The smallest absolute Gasteiger partial charge is 0.340 e. The van der Waals surface area contributed by atoms with Gasteiger partial charge >= 0.3 is 5.97 Å². The lowest BCUT2D eigenvalue weighted by molar-refractivity contribution is -0.384. The Balaban J connectivity index is 2.37. The zero-order valence-electron chi connectivity index (χ0n) is 11.4. The summed E-state index contributed by atoms with van der Waals surface area (Å²) in [5, 5.41) is 11.3. The van der Waals surface area contributed by atoms with Crippen LogP contribution in [0, 0.1) is 10.1 Å². The van der Waals surface area contributed by atoms with E-state index in [1.165, 1.54) is 18.3 Å². The van der Waals surface area contributed by atoms with Crippen LogP contribution >= 0.6 is 0 Å². The molecule has 6 heteroatoms. The molecule has 0 saturated heterocycles. The van der Waals surface area contributed by atoms with E-state index in [0.29, 0.717) is 16.5 Å². The molecule has 0 saturated carbocycles. The van der Waals surface area contributed by atoms with Gasteiger partial charge in [0.2, 0.25) is 0 Å². The van der Waals surface area contributed by atoms with E-state index < -0.39 is 16.5 Å². The highest BCUT2D eigenvalue weighted by Gasteiger charge is 2.18. The number of nitro benzene ring substituents is 1.